The molecule has 0 aliphatic carbocycles. The van der Waals surface area contributed by atoms with E-state index in [0.29, 0.717) is 25.7 Å². The zero-order chi connectivity index (χ0) is 74.2. The zero-order valence-corrected chi connectivity index (χ0v) is 68.0. The topological polar surface area (TPSA) is 237 Å². The average molecular weight is 1480 g/mol. The van der Waals surface area contributed by atoms with Gasteiger partial charge >= 0.3 is 39.5 Å². The van der Waals surface area contributed by atoms with Crippen LogP contribution in [0.2, 0.25) is 0 Å². The summed E-state index contributed by atoms with van der Waals surface area (Å²) in [5, 5.41) is 10.6. The third kappa shape index (κ3) is 74.7. The van der Waals surface area contributed by atoms with Crippen LogP contribution in [0.4, 0.5) is 0 Å². The number of aliphatic hydroxyl groups excluding tert-OH is 1. The van der Waals surface area contributed by atoms with Crippen molar-refractivity contribution >= 4 is 39.5 Å². The number of carbonyl (C=O) groups is 4. The quantitative estimate of drug-likeness (QED) is 0.0222. The van der Waals surface area contributed by atoms with Crippen molar-refractivity contribution in [1.29, 1.82) is 0 Å². The molecular weight excluding hydrogens is 1320 g/mol. The molecule has 3 N–H and O–H groups in total. The summed E-state index contributed by atoms with van der Waals surface area (Å²) in [6, 6.07) is 0. The molecule has 19 heteroatoms. The molecule has 0 radical (unpaired) electrons. The largest absolute Gasteiger partial charge is 0.472 e. The van der Waals surface area contributed by atoms with Crippen LogP contribution in [0, 0.1) is 11.8 Å². The van der Waals surface area contributed by atoms with Crippen LogP contribution in [0.1, 0.15) is 433 Å². The number of phosphoric ester groups is 2. The second-order valence-electron chi connectivity index (χ2n) is 30.2. The molecule has 17 nitrogen and oxygen atoms in total. The van der Waals surface area contributed by atoms with Crippen LogP contribution in [-0.2, 0) is 65.4 Å². The maximum Gasteiger partial charge on any atom is 0.472 e. The fourth-order valence-electron chi connectivity index (χ4n) is 12.7. The first-order valence-corrected chi connectivity index (χ1v) is 45.5. The van der Waals surface area contributed by atoms with Gasteiger partial charge in [-0.15, -0.1) is 0 Å². The number of hydrogen-bond acceptors (Lipinski definition) is 15. The van der Waals surface area contributed by atoms with Gasteiger partial charge in [-0.05, 0) is 37.5 Å². The molecule has 0 rings (SSSR count). The first-order chi connectivity index (χ1) is 48.9. The van der Waals surface area contributed by atoms with Gasteiger partial charge in [0.05, 0.1) is 26.4 Å². The van der Waals surface area contributed by atoms with E-state index in [1.807, 2.05) is 0 Å². The van der Waals surface area contributed by atoms with Crippen LogP contribution in [0.3, 0.4) is 0 Å². The summed E-state index contributed by atoms with van der Waals surface area (Å²) in [7, 11) is -9.92. The smallest absolute Gasteiger partial charge is 0.462 e. The number of unbranched alkanes of at least 4 members (excludes halogenated alkanes) is 50. The number of esters is 4. The summed E-state index contributed by atoms with van der Waals surface area (Å²) in [5.74, 6) is -0.580. The summed E-state index contributed by atoms with van der Waals surface area (Å²) in [6.45, 7) is 9.60. The van der Waals surface area contributed by atoms with Gasteiger partial charge in [0.15, 0.2) is 12.2 Å². The number of phosphoric acid groups is 2. The van der Waals surface area contributed by atoms with E-state index in [1.54, 1.807) is 0 Å². The van der Waals surface area contributed by atoms with Crippen molar-refractivity contribution in [1.82, 2.24) is 0 Å². The number of aliphatic hydroxyl groups is 1. The third-order valence-electron chi connectivity index (χ3n) is 19.6. The lowest BCUT2D eigenvalue weighted by Gasteiger charge is -2.21. The molecule has 0 aromatic heterocycles. The fourth-order valence-corrected chi connectivity index (χ4v) is 14.3. The molecule has 3 unspecified atom stereocenters. The summed E-state index contributed by atoms with van der Waals surface area (Å²) < 4.78 is 68.7. The molecule has 0 saturated heterocycles. The Bertz CT molecular complexity index is 1940. The Kier molecular flexibility index (Phi) is 72.2. The van der Waals surface area contributed by atoms with Gasteiger partial charge in [-0.3, -0.25) is 37.3 Å². The number of rotatable bonds is 81. The fraction of sp³-hybridized carbons (Fsp3) is 0.951. The van der Waals surface area contributed by atoms with E-state index in [4.69, 9.17) is 37.0 Å². The van der Waals surface area contributed by atoms with Gasteiger partial charge in [-0.1, -0.05) is 382 Å². The minimum atomic E-state index is -4.96. The van der Waals surface area contributed by atoms with Gasteiger partial charge in [0.2, 0.25) is 0 Å². The first-order valence-electron chi connectivity index (χ1n) is 42.5. The Morgan fingerprint density at radius 1 is 0.287 bits per heavy atom. The van der Waals surface area contributed by atoms with Gasteiger partial charge in [-0.2, -0.15) is 0 Å². The number of hydrogen-bond donors (Lipinski definition) is 3. The molecule has 0 aromatic rings. The molecular formula is C82H160O17P2. The Labute approximate surface area is 619 Å². The number of carbonyl (C=O) groups excluding carboxylic acids is 4. The lowest BCUT2D eigenvalue weighted by atomic mass is 10.00. The second-order valence-corrected chi connectivity index (χ2v) is 33.1. The van der Waals surface area contributed by atoms with Gasteiger partial charge in [-0.25, -0.2) is 9.13 Å². The molecule has 0 aliphatic rings. The SMILES string of the molecule is CCCCCCCCCCCCCCCCCCCCCCCCC(=O)O[C@H](COC(=O)CCCCCCCCCCCCCCCCCCC(C)C)COP(=O)(O)OC[C@@H](O)COP(=O)(O)OC[C@@H](COC(=O)CCCCCCCCCCCC)OC(=O)CCCCCCCCC(C)CC. The molecule has 0 aromatic carbocycles. The van der Waals surface area contributed by atoms with E-state index in [1.165, 1.54) is 250 Å². The van der Waals surface area contributed by atoms with Gasteiger partial charge in [0.1, 0.15) is 19.3 Å². The van der Waals surface area contributed by atoms with Crippen molar-refractivity contribution in [2.24, 2.45) is 11.8 Å². The number of ether oxygens (including phenoxy) is 4. The summed E-state index contributed by atoms with van der Waals surface area (Å²) in [5.41, 5.74) is 0. The van der Waals surface area contributed by atoms with Crippen molar-refractivity contribution in [2.45, 2.75) is 452 Å². The maximum atomic E-state index is 13.1. The van der Waals surface area contributed by atoms with E-state index in [2.05, 4.69) is 41.5 Å². The predicted octanol–water partition coefficient (Wildman–Crippen LogP) is 24.7. The Morgan fingerprint density at radius 3 is 0.752 bits per heavy atom. The zero-order valence-electron chi connectivity index (χ0n) is 66.2. The highest BCUT2D eigenvalue weighted by molar-refractivity contribution is 7.47. The van der Waals surface area contributed by atoms with E-state index in [-0.39, 0.29) is 25.7 Å². The summed E-state index contributed by atoms with van der Waals surface area (Å²) in [6.07, 6.45) is 64.1. The van der Waals surface area contributed by atoms with Crippen molar-refractivity contribution in [3.05, 3.63) is 0 Å². The van der Waals surface area contributed by atoms with Crippen molar-refractivity contribution in [3.8, 4) is 0 Å². The van der Waals surface area contributed by atoms with Crippen LogP contribution in [0.25, 0.3) is 0 Å². The second kappa shape index (κ2) is 73.6. The van der Waals surface area contributed by atoms with Crippen LogP contribution >= 0.6 is 15.6 Å². The van der Waals surface area contributed by atoms with Gasteiger partial charge in [0, 0.05) is 25.7 Å². The van der Waals surface area contributed by atoms with Gasteiger partial charge in [0.25, 0.3) is 0 Å². The van der Waals surface area contributed by atoms with Crippen molar-refractivity contribution < 1.29 is 80.2 Å². The standard InChI is InChI=1S/C82H160O17P2/c1-7-10-12-14-16-18-20-21-22-23-24-25-26-27-28-33-36-39-43-47-54-60-66-81(86)98-77(70-92-80(85)65-59-53-46-42-38-35-32-30-29-31-34-37-40-44-50-56-62-74(4)5)72-96-100(88,89)94-68-76(83)69-95-101(90,91)97-73-78(99-82(87)67-61-55-49-48-51-57-63-75(6)9-3)71-93-79(84)64-58-52-45-41-19-17-15-13-11-8-2/h74-78,83H,7-73H2,1-6H3,(H,88,89)(H,90,91)/t75?,76-,77-,78-/m1/s1. The maximum absolute atomic E-state index is 13.1. The Balaban J connectivity index is 5.18. The van der Waals surface area contributed by atoms with E-state index in [9.17, 15) is 43.2 Å². The Hall–Kier alpha value is -1.94. The highest BCUT2D eigenvalue weighted by Gasteiger charge is 2.30. The van der Waals surface area contributed by atoms with Crippen LogP contribution in [0.5, 0.6) is 0 Å². The van der Waals surface area contributed by atoms with Crippen LogP contribution in [-0.4, -0.2) is 96.7 Å². The molecule has 0 aliphatic heterocycles. The molecule has 0 heterocycles. The minimum Gasteiger partial charge on any atom is -0.462 e. The van der Waals surface area contributed by atoms with E-state index >= 15 is 0 Å². The van der Waals surface area contributed by atoms with Crippen LogP contribution < -0.4 is 0 Å². The molecule has 101 heavy (non-hydrogen) atoms. The van der Waals surface area contributed by atoms with Gasteiger partial charge < -0.3 is 33.8 Å². The average Bonchev–Trinajstić information content (AvgIpc) is 1.02. The normalized spacial score (nSPS) is 14.2. The molecule has 0 amide bonds. The molecule has 0 spiro atoms. The molecule has 0 bridgehead atoms. The lowest BCUT2D eigenvalue weighted by Crippen LogP contribution is -2.30. The first kappa shape index (κ1) is 99.1. The lowest BCUT2D eigenvalue weighted by molar-refractivity contribution is -0.161. The highest BCUT2D eigenvalue weighted by atomic mass is 31.2. The molecule has 0 saturated carbocycles. The Morgan fingerprint density at radius 2 is 0.505 bits per heavy atom. The van der Waals surface area contributed by atoms with Crippen molar-refractivity contribution in [2.75, 3.05) is 39.6 Å². The predicted molar refractivity (Wildman–Crippen MR) is 414 cm³/mol. The third-order valence-corrected chi connectivity index (χ3v) is 21.5. The summed E-state index contributed by atoms with van der Waals surface area (Å²) in [4.78, 5) is 72.9. The monoisotopic (exact) mass is 1480 g/mol. The highest BCUT2D eigenvalue weighted by Crippen LogP contribution is 2.45. The van der Waals surface area contributed by atoms with Crippen molar-refractivity contribution in [3.63, 3.8) is 0 Å². The minimum absolute atomic E-state index is 0.103. The summed E-state index contributed by atoms with van der Waals surface area (Å²) >= 11 is 0. The molecule has 6 atom stereocenters. The van der Waals surface area contributed by atoms with E-state index < -0.39 is 97.5 Å². The van der Waals surface area contributed by atoms with Crippen LogP contribution in [0.15, 0.2) is 0 Å². The van der Waals surface area contributed by atoms with E-state index in [0.717, 1.165) is 102 Å². The molecule has 0 fully saturated rings. The molecule has 600 valence electrons.